The maximum atomic E-state index is 10.8. The van der Waals surface area contributed by atoms with E-state index in [4.69, 9.17) is 14.9 Å². The van der Waals surface area contributed by atoms with Gasteiger partial charge in [-0.2, -0.15) is 0 Å². The SMILES string of the molecule is CCCC(C)CCC.COc1ccc2oc(C(N)=O)cc2c1. The molecule has 0 bridgehead atoms. The molecular weight excluding hydrogens is 278 g/mol. The van der Waals surface area contributed by atoms with Gasteiger partial charge in [0.1, 0.15) is 11.3 Å². The largest absolute Gasteiger partial charge is 0.497 e. The third-order valence-electron chi connectivity index (χ3n) is 3.53. The van der Waals surface area contributed by atoms with Gasteiger partial charge in [-0.1, -0.05) is 46.5 Å². The van der Waals surface area contributed by atoms with Gasteiger partial charge in [0.15, 0.2) is 5.76 Å². The number of carbonyl (C=O) groups is 1. The van der Waals surface area contributed by atoms with Crippen molar-refractivity contribution in [3.63, 3.8) is 0 Å². The molecule has 2 aromatic rings. The van der Waals surface area contributed by atoms with E-state index >= 15 is 0 Å². The molecule has 2 N–H and O–H groups in total. The molecule has 0 aliphatic rings. The van der Waals surface area contributed by atoms with Gasteiger partial charge in [-0.3, -0.25) is 4.79 Å². The molecule has 0 saturated heterocycles. The molecule has 1 aromatic heterocycles. The standard InChI is InChI=1S/C10H9NO3.C8H18/c1-13-7-2-3-8-6(4-7)5-9(14-8)10(11)12;1-4-6-8(3)7-5-2/h2-5H,1H3,(H2,11,12);8H,4-7H2,1-3H3. The zero-order valence-corrected chi connectivity index (χ0v) is 14.0. The molecule has 1 amide bonds. The van der Waals surface area contributed by atoms with Gasteiger partial charge in [-0.05, 0) is 30.2 Å². The maximum absolute atomic E-state index is 10.8. The Balaban J connectivity index is 0.000000261. The average Bonchev–Trinajstić information content (AvgIpc) is 2.91. The molecule has 0 aliphatic carbocycles. The van der Waals surface area contributed by atoms with Crippen molar-refractivity contribution in [3.05, 3.63) is 30.0 Å². The summed E-state index contributed by atoms with van der Waals surface area (Å²) in [6.07, 6.45) is 5.52. The Labute approximate surface area is 132 Å². The molecule has 22 heavy (non-hydrogen) atoms. The van der Waals surface area contributed by atoms with Crippen LogP contribution in [0.1, 0.15) is 57.0 Å². The number of carbonyl (C=O) groups excluding carboxylic acids is 1. The van der Waals surface area contributed by atoms with E-state index in [-0.39, 0.29) is 5.76 Å². The van der Waals surface area contributed by atoms with E-state index in [1.807, 2.05) is 0 Å². The molecule has 2 rings (SSSR count). The summed E-state index contributed by atoms with van der Waals surface area (Å²) in [6, 6.07) is 6.88. The van der Waals surface area contributed by atoms with Crippen molar-refractivity contribution in [2.45, 2.75) is 46.5 Å². The molecule has 0 saturated carbocycles. The Morgan fingerprint density at radius 3 is 2.36 bits per heavy atom. The van der Waals surface area contributed by atoms with E-state index in [0.717, 1.165) is 11.3 Å². The highest BCUT2D eigenvalue weighted by Crippen LogP contribution is 2.23. The first kappa shape index (κ1) is 18.1. The van der Waals surface area contributed by atoms with Crippen LogP contribution in [0.3, 0.4) is 0 Å². The molecular formula is C18H27NO3. The highest BCUT2D eigenvalue weighted by molar-refractivity contribution is 5.95. The number of rotatable bonds is 6. The Bertz CT molecular complexity index is 583. The Hall–Kier alpha value is -1.97. The summed E-state index contributed by atoms with van der Waals surface area (Å²) in [5.41, 5.74) is 5.71. The number of furan rings is 1. The fourth-order valence-electron chi connectivity index (χ4n) is 2.40. The summed E-state index contributed by atoms with van der Waals surface area (Å²) in [5.74, 6) is 1.27. The lowest BCUT2D eigenvalue weighted by molar-refractivity contribution is 0.0976. The van der Waals surface area contributed by atoms with Crippen LogP contribution < -0.4 is 10.5 Å². The van der Waals surface area contributed by atoms with Gasteiger partial charge in [0.25, 0.3) is 5.91 Å². The predicted molar refractivity (Wildman–Crippen MR) is 90.3 cm³/mol. The van der Waals surface area contributed by atoms with E-state index in [0.29, 0.717) is 11.3 Å². The lowest BCUT2D eigenvalue weighted by Crippen LogP contribution is -2.08. The topological polar surface area (TPSA) is 65.5 Å². The van der Waals surface area contributed by atoms with E-state index in [1.54, 1.807) is 31.4 Å². The fourth-order valence-corrected chi connectivity index (χ4v) is 2.40. The van der Waals surface area contributed by atoms with Crippen LogP contribution >= 0.6 is 0 Å². The Morgan fingerprint density at radius 1 is 1.23 bits per heavy atom. The van der Waals surface area contributed by atoms with Gasteiger partial charge in [0, 0.05) is 5.39 Å². The quantitative estimate of drug-likeness (QED) is 0.836. The highest BCUT2D eigenvalue weighted by Gasteiger charge is 2.08. The van der Waals surface area contributed by atoms with Crippen molar-refractivity contribution in [2.75, 3.05) is 7.11 Å². The number of methoxy groups -OCH3 is 1. The van der Waals surface area contributed by atoms with Crippen molar-refractivity contribution < 1.29 is 13.9 Å². The van der Waals surface area contributed by atoms with Crippen molar-refractivity contribution >= 4 is 16.9 Å². The van der Waals surface area contributed by atoms with Crippen LogP contribution in [-0.4, -0.2) is 13.0 Å². The van der Waals surface area contributed by atoms with Gasteiger partial charge < -0.3 is 14.9 Å². The van der Waals surface area contributed by atoms with Crippen LogP contribution in [0, 0.1) is 5.92 Å². The number of primary amides is 1. The Morgan fingerprint density at radius 2 is 1.86 bits per heavy atom. The first-order valence-corrected chi connectivity index (χ1v) is 7.89. The summed E-state index contributed by atoms with van der Waals surface area (Å²) >= 11 is 0. The van der Waals surface area contributed by atoms with Gasteiger partial charge >= 0.3 is 0 Å². The number of hydrogen-bond donors (Lipinski definition) is 1. The van der Waals surface area contributed by atoms with E-state index in [1.165, 1.54) is 25.7 Å². The average molecular weight is 305 g/mol. The minimum absolute atomic E-state index is 0.160. The summed E-state index contributed by atoms with van der Waals surface area (Å²) < 4.78 is 10.2. The second kappa shape index (κ2) is 9.13. The summed E-state index contributed by atoms with van der Waals surface area (Å²) in [4.78, 5) is 10.8. The maximum Gasteiger partial charge on any atom is 0.284 e. The second-order valence-electron chi connectivity index (χ2n) is 5.56. The lowest BCUT2D eigenvalue weighted by Gasteiger charge is -2.05. The van der Waals surface area contributed by atoms with Crippen molar-refractivity contribution in [2.24, 2.45) is 11.7 Å². The van der Waals surface area contributed by atoms with E-state index < -0.39 is 5.91 Å². The summed E-state index contributed by atoms with van der Waals surface area (Å²) in [5, 5.41) is 0.804. The van der Waals surface area contributed by atoms with Crippen LogP contribution in [0.5, 0.6) is 5.75 Å². The number of benzene rings is 1. The number of fused-ring (bicyclic) bond motifs is 1. The van der Waals surface area contributed by atoms with Crippen LogP contribution in [0.2, 0.25) is 0 Å². The summed E-state index contributed by atoms with van der Waals surface area (Å²) in [6.45, 7) is 6.85. The number of amides is 1. The predicted octanol–water partition coefficient (Wildman–Crippen LogP) is 4.76. The molecule has 0 unspecified atom stereocenters. The van der Waals surface area contributed by atoms with Crippen LogP contribution in [0.15, 0.2) is 28.7 Å². The van der Waals surface area contributed by atoms with Gasteiger partial charge in [-0.25, -0.2) is 0 Å². The zero-order valence-electron chi connectivity index (χ0n) is 14.0. The van der Waals surface area contributed by atoms with Gasteiger partial charge in [-0.15, -0.1) is 0 Å². The highest BCUT2D eigenvalue weighted by atomic mass is 16.5. The van der Waals surface area contributed by atoms with Gasteiger partial charge in [0.2, 0.25) is 0 Å². The van der Waals surface area contributed by atoms with Crippen molar-refractivity contribution in [3.8, 4) is 5.75 Å². The molecule has 0 aliphatic heterocycles. The fraction of sp³-hybridized carbons (Fsp3) is 0.500. The molecule has 122 valence electrons. The summed E-state index contributed by atoms with van der Waals surface area (Å²) in [7, 11) is 1.58. The minimum atomic E-state index is -0.569. The molecule has 4 nitrogen and oxygen atoms in total. The first-order chi connectivity index (χ1) is 10.5. The molecule has 0 radical (unpaired) electrons. The molecule has 4 heteroatoms. The number of ether oxygens (including phenoxy) is 1. The molecule has 1 aromatic carbocycles. The monoisotopic (exact) mass is 305 g/mol. The normalized spacial score (nSPS) is 10.4. The van der Waals surface area contributed by atoms with E-state index in [2.05, 4.69) is 20.8 Å². The van der Waals surface area contributed by atoms with Crippen LogP contribution in [0.4, 0.5) is 0 Å². The van der Waals surface area contributed by atoms with Gasteiger partial charge in [0.05, 0.1) is 7.11 Å². The van der Waals surface area contributed by atoms with Crippen LogP contribution in [0.25, 0.3) is 11.0 Å². The first-order valence-electron chi connectivity index (χ1n) is 7.89. The van der Waals surface area contributed by atoms with E-state index in [9.17, 15) is 4.79 Å². The number of hydrogen-bond acceptors (Lipinski definition) is 3. The molecule has 0 fully saturated rings. The minimum Gasteiger partial charge on any atom is -0.497 e. The molecule has 1 heterocycles. The second-order valence-corrected chi connectivity index (χ2v) is 5.56. The van der Waals surface area contributed by atoms with Crippen molar-refractivity contribution in [1.29, 1.82) is 0 Å². The third-order valence-corrected chi connectivity index (χ3v) is 3.53. The van der Waals surface area contributed by atoms with Crippen molar-refractivity contribution in [1.82, 2.24) is 0 Å². The molecule has 0 atom stereocenters. The zero-order chi connectivity index (χ0) is 16.5. The molecule has 0 spiro atoms. The number of nitrogens with two attached hydrogens (primary N) is 1. The Kier molecular flexibility index (Phi) is 7.50. The third kappa shape index (κ3) is 5.43. The van der Waals surface area contributed by atoms with Crippen LogP contribution in [-0.2, 0) is 0 Å². The lowest BCUT2D eigenvalue weighted by atomic mass is 10.0. The smallest absolute Gasteiger partial charge is 0.284 e.